The van der Waals surface area contributed by atoms with E-state index in [4.69, 9.17) is 0 Å². The fourth-order valence-electron chi connectivity index (χ4n) is 0. The maximum Gasteiger partial charge on any atom is 0.316 e. The van der Waals surface area contributed by atoms with Crippen molar-refractivity contribution >= 4 is 23.1 Å². The second kappa shape index (κ2) is 21.1. The SMILES string of the molecule is O.[MgH2].[Ni].[Ru]. The fourth-order valence-corrected chi connectivity index (χ4v) is 0. The number of hydrogen-bond acceptors (Lipinski definition) is 0. The Kier molecular flexibility index (Phi) is 212. The Hall–Kier alpha value is 1.84. The number of rotatable bonds is 0. The molecule has 0 unspecified atom stereocenters. The molecule has 0 aromatic heterocycles. The predicted molar refractivity (Wildman–Crippen MR) is 12.2 cm³/mol. The molecule has 4 heavy (non-hydrogen) atoms. The van der Waals surface area contributed by atoms with Crippen molar-refractivity contribution in [3.8, 4) is 0 Å². The van der Waals surface area contributed by atoms with Gasteiger partial charge in [-0.05, 0) is 0 Å². The third kappa shape index (κ3) is 9.14. The number of hydrogen-bond donors (Lipinski definition) is 0. The van der Waals surface area contributed by atoms with E-state index in [2.05, 4.69) is 0 Å². The predicted octanol–water partition coefficient (Wildman–Crippen LogP) is -1.75. The largest absolute Gasteiger partial charge is 0.412 e. The molecule has 0 bridgehead atoms. The van der Waals surface area contributed by atoms with E-state index in [9.17, 15) is 0 Å². The molecule has 0 aliphatic carbocycles. The van der Waals surface area contributed by atoms with Crippen molar-refractivity contribution in [2.75, 3.05) is 0 Å². The van der Waals surface area contributed by atoms with Crippen LogP contribution in [-0.2, 0) is 36.0 Å². The minimum Gasteiger partial charge on any atom is -0.412 e. The molecule has 0 aliphatic heterocycles. The molecule has 0 heterocycles. The van der Waals surface area contributed by atoms with E-state index in [1.807, 2.05) is 0 Å². The first kappa shape index (κ1) is 40.3. The molecule has 0 saturated heterocycles. The van der Waals surface area contributed by atoms with Gasteiger partial charge in [0.1, 0.15) is 0 Å². The summed E-state index contributed by atoms with van der Waals surface area (Å²) >= 11 is 0. The van der Waals surface area contributed by atoms with Crippen molar-refractivity contribution < 1.29 is 41.4 Å². The maximum atomic E-state index is 0. The molecule has 0 rings (SSSR count). The van der Waals surface area contributed by atoms with E-state index < -0.39 is 0 Å². The first-order chi connectivity index (χ1) is 0. The van der Waals surface area contributed by atoms with Crippen molar-refractivity contribution in [2.24, 2.45) is 0 Å². The Bertz CT molecular complexity index is 8.00. The average molecular weight is 204 g/mol. The van der Waals surface area contributed by atoms with Gasteiger partial charge in [0, 0.05) is 36.0 Å². The van der Waals surface area contributed by atoms with Gasteiger partial charge in [0.2, 0.25) is 0 Å². The molecular weight excluding hydrogens is 200 g/mol. The van der Waals surface area contributed by atoms with E-state index in [1.54, 1.807) is 0 Å². The van der Waals surface area contributed by atoms with Crippen molar-refractivity contribution in [1.82, 2.24) is 0 Å². The van der Waals surface area contributed by atoms with Gasteiger partial charge in [-0.2, -0.15) is 0 Å². The zero-order chi connectivity index (χ0) is 0. The molecule has 0 saturated carbocycles. The van der Waals surface area contributed by atoms with Crippen LogP contribution in [0.3, 0.4) is 0 Å². The van der Waals surface area contributed by atoms with Crippen molar-refractivity contribution in [3.05, 3.63) is 0 Å². The molecule has 0 fully saturated rings. The zero-order valence-electron chi connectivity index (χ0n) is 1.17. The van der Waals surface area contributed by atoms with Gasteiger partial charge in [0.15, 0.2) is 0 Å². The minimum atomic E-state index is 0. The van der Waals surface area contributed by atoms with E-state index >= 15 is 0 Å². The molecule has 0 aromatic rings. The molecule has 0 aromatic carbocycles. The zero-order valence-corrected chi connectivity index (χ0v) is 3.90. The van der Waals surface area contributed by atoms with Gasteiger partial charge in [-0.1, -0.05) is 0 Å². The first-order valence-electron chi connectivity index (χ1n) is 0. The summed E-state index contributed by atoms with van der Waals surface area (Å²) in [4.78, 5) is 0. The van der Waals surface area contributed by atoms with Crippen LogP contribution in [0.2, 0.25) is 0 Å². The van der Waals surface area contributed by atoms with Crippen LogP contribution >= 0.6 is 0 Å². The molecule has 0 spiro atoms. The van der Waals surface area contributed by atoms with Crippen LogP contribution in [0.5, 0.6) is 0 Å². The topological polar surface area (TPSA) is 31.5 Å². The summed E-state index contributed by atoms with van der Waals surface area (Å²) in [5.41, 5.74) is 0. The van der Waals surface area contributed by atoms with Crippen LogP contribution < -0.4 is 0 Å². The Balaban J connectivity index is 0. The van der Waals surface area contributed by atoms with Crippen molar-refractivity contribution in [1.29, 1.82) is 0 Å². The summed E-state index contributed by atoms with van der Waals surface area (Å²) in [6.07, 6.45) is 0. The molecule has 0 atom stereocenters. The molecule has 0 amide bonds. The summed E-state index contributed by atoms with van der Waals surface area (Å²) in [7, 11) is 0. The summed E-state index contributed by atoms with van der Waals surface area (Å²) < 4.78 is 0. The van der Waals surface area contributed by atoms with Gasteiger partial charge < -0.3 is 5.48 Å². The third-order valence-electron chi connectivity index (χ3n) is 0. The average Bonchev–Trinajstić information content (AvgIpc) is 0. The molecule has 2 N–H and O–H groups in total. The van der Waals surface area contributed by atoms with Gasteiger partial charge in [-0.3, -0.25) is 0 Å². The molecule has 30 valence electrons. The molecule has 4 heteroatoms. The summed E-state index contributed by atoms with van der Waals surface area (Å²) in [5, 5.41) is 0. The first-order valence-corrected chi connectivity index (χ1v) is 0. The second-order valence-electron chi connectivity index (χ2n) is 0. The van der Waals surface area contributed by atoms with Crippen LogP contribution in [0.4, 0.5) is 0 Å². The van der Waals surface area contributed by atoms with E-state index in [-0.39, 0.29) is 64.5 Å². The molecule has 1 nitrogen and oxygen atoms in total. The van der Waals surface area contributed by atoms with Crippen LogP contribution in [0, 0.1) is 0 Å². The van der Waals surface area contributed by atoms with Gasteiger partial charge in [0.25, 0.3) is 0 Å². The molecular formula is H4MgNiORu. The van der Waals surface area contributed by atoms with Gasteiger partial charge in [0.05, 0.1) is 0 Å². The Morgan fingerprint density at radius 1 is 1.00 bits per heavy atom. The van der Waals surface area contributed by atoms with Gasteiger partial charge in [-0.25, -0.2) is 0 Å². The van der Waals surface area contributed by atoms with Crippen LogP contribution in [0.15, 0.2) is 0 Å². The molecule has 0 aliphatic rings. The second-order valence-corrected chi connectivity index (χ2v) is 0. The molecule has 0 radical (unpaired) electrons. The summed E-state index contributed by atoms with van der Waals surface area (Å²) in [5.74, 6) is 0. The summed E-state index contributed by atoms with van der Waals surface area (Å²) in [6.45, 7) is 0. The minimum absolute atomic E-state index is 0. The Morgan fingerprint density at radius 2 is 1.00 bits per heavy atom. The Morgan fingerprint density at radius 3 is 1.00 bits per heavy atom. The smallest absolute Gasteiger partial charge is 0.316 e. The van der Waals surface area contributed by atoms with Crippen molar-refractivity contribution in [2.45, 2.75) is 0 Å². The van der Waals surface area contributed by atoms with E-state index in [0.29, 0.717) is 0 Å². The standard InChI is InChI=1S/Mg.Ni.H2O.Ru.2H/h;;1H2;;;. The third-order valence-corrected chi connectivity index (χ3v) is 0. The van der Waals surface area contributed by atoms with Gasteiger partial charge in [-0.15, -0.1) is 0 Å². The van der Waals surface area contributed by atoms with Crippen LogP contribution in [-0.4, -0.2) is 28.5 Å². The van der Waals surface area contributed by atoms with Crippen LogP contribution in [0.1, 0.15) is 0 Å². The van der Waals surface area contributed by atoms with Crippen LogP contribution in [0.25, 0.3) is 0 Å². The summed E-state index contributed by atoms with van der Waals surface area (Å²) in [6, 6.07) is 0. The Labute approximate surface area is 64.0 Å². The monoisotopic (exact) mass is 204 g/mol. The van der Waals surface area contributed by atoms with Gasteiger partial charge >= 0.3 is 23.1 Å². The normalized spacial score (nSPS) is 0. The maximum absolute atomic E-state index is 0. The van der Waals surface area contributed by atoms with E-state index in [0.717, 1.165) is 0 Å². The quantitative estimate of drug-likeness (QED) is 0.419. The van der Waals surface area contributed by atoms with E-state index in [1.165, 1.54) is 0 Å². The fraction of sp³-hybridized carbons (Fsp3) is 0. The van der Waals surface area contributed by atoms with Crippen molar-refractivity contribution in [3.63, 3.8) is 0 Å².